The number of carbonyl (C=O) groups excluding carboxylic acids is 1. The molecule has 3 N–H and O–H groups in total. The van der Waals surface area contributed by atoms with Gasteiger partial charge >= 0.3 is 0 Å². The maximum atomic E-state index is 12.3. The van der Waals surface area contributed by atoms with Gasteiger partial charge in [0, 0.05) is 58.8 Å². The largest absolute Gasteiger partial charge is 0.359 e. The fraction of sp³-hybridized carbons (Fsp3) is 0.556. The lowest BCUT2D eigenvalue weighted by Gasteiger charge is -2.34. The molecule has 0 bridgehead atoms. The molecule has 0 unspecified atom stereocenters. The van der Waals surface area contributed by atoms with E-state index in [1.165, 1.54) is 18.2 Å². The molecule has 0 atom stereocenters. The summed E-state index contributed by atoms with van der Waals surface area (Å²) in [6, 6.07) is 4.91. The number of non-ortho nitro benzene ring substituents is 1. The third-order valence-electron chi connectivity index (χ3n) is 4.92. The van der Waals surface area contributed by atoms with Crippen LogP contribution in [0.15, 0.2) is 34.2 Å². The molecule has 1 saturated heterocycles. The number of nitrogens with zero attached hydrogens (tertiary/aromatic N) is 3. The average molecular weight is 568 g/mol. The van der Waals surface area contributed by atoms with Crippen LogP contribution < -0.4 is 15.4 Å². The fourth-order valence-corrected chi connectivity index (χ4v) is 4.32. The quantitative estimate of drug-likeness (QED) is 0.106. The van der Waals surface area contributed by atoms with Gasteiger partial charge in [-0.1, -0.05) is 6.07 Å². The van der Waals surface area contributed by atoms with Crippen LogP contribution >= 0.6 is 24.0 Å². The zero-order valence-corrected chi connectivity index (χ0v) is 20.7. The van der Waals surface area contributed by atoms with Crippen molar-refractivity contribution in [3.63, 3.8) is 0 Å². The van der Waals surface area contributed by atoms with E-state index in [9.17, 15) is 23.3 Å². The lowest BCUT2D eigenvalue weighted by molar-refractivity contribution is -0.385. The number of guanidine groups is 1. The van der Waals surface area contributed by atoms with Gasteiger partial charge in [0.15, 0.2) is 5.96 Å². The molecule has 1 heterocycles. The number of rotatable bonds is 8. The van der Waals surface area contributed by atoms with Gasteiger partial charge in [0.25, 0.3) is 5.69 Å². The molecular weight excluding hydrogens is 539 g/mol. The first kappa shape index (κ1) is 27.0. The van der Waals surface area contributed by atoms with E-state index in [1.54, 1.807) is 14.1 Å². The summed E-state index contributed by atoms with van der Waals surface area (Å²) >= 11 is 0. The van der Waals surface area contributed by atoms with Gasteiger partial charge in [-0.25, -0.2) is 13.1 Å². The molecule has 1 aliphatic heterocycles. The summed E-state index contributed by atoms with van der Waals surface area (Å²) in [5.41, 5.74) is -0.281. The Morgan fingerprint density at radius 2 is 1.97 bits per heavy atom. The molecule has 11 nitrogen and oxygen atoms in total. The highest BCUT2D eigenvalue weighted by Gasteiger charge is 2.23. The molecule has 0 aliphatic carbocycles. The SMILES string of the molecule is CN=C(NCCNS(=O)(=O)c1cccc([N+](=O)[O-])c1)N1CCC(CC(=O)NC)CC1.I. The summed E-state index contributed by atoms with van der Waals surface area (Å²) in [4.78, 5) is 27.9. The molecule has 0 aromatic heterocycles. The third kappa shape index (κ3) is 8.22. The Balaban J connectivity index is 0.00000480. The van der Waals surface area contributed by atoms with E-state index in [2.05, 4.69) is 25.2 Å². The van der Waals surface area contributed by atoms with Crippen LogP contribution in [-0.2, 0) is 14.8 Å². The van der Waals surface area contributed by atoms with E-state index < -0.39 is 14.9 Å². The van der Waals surface area contributed by atoms with Crippen molar-refractivity contribution >= 4 is 51.6 Å². The average Bonchev–Trinajstić information content (AvgIpc) is 2.74. The maximum absolute atomic E-state index is 12.3. The minimum atomic E-state index is -3.85. The number of benzene rings is 1. The Kier molecular flexibility index (Phi) is 11.1. The van der Waals surface area contributed by atoms with Crippen molar-refractivity contribution < 1.29 is 18.1 Å². The number of piperidine rings is 1. The van der Waals surface area contributed by atoms with Crippen molar-refractivity contribution in [1.29, 1.82) is 0 Å². The van der Waals surface area contributed by atoms with Crippen LogP contribution in [0.25, 0.3) is 0 Å². The number of amides is 1. The van der Waals surface area contributed by atoms with Crippen molar-refractivity contribution in [2.24, 2.45) is 10.9 Å². The molecule has 2 rings (SSSR count). The molecule has 0 spiro atoms. The monoisotopic (exact) mass is 568 g/mol. The number of aliphatic imine (C=N–C) groups is 1. The lowest BCUT2D eigenvalue weighted by Crippen LogP contribution is -2.47. The molecule has 1 aromatic carbocycles. The summed E-state index contributed by atoms with van der Waals surface area (Å²) in [6.45, 7) is 1.93. The molecule has 13 heteroatoms. The molecule has 1 aromatic rings. The number of halogens is 1. The first-order valence-corrected chi connectivity index (χ1v) is 11.2. The zero-order chi connectivity index (χ0) is 22.1. The summed E-state index contributed by atoms with van der Waals surface area (Å²) in [7, 11) is -0.559. The Labute approximate surface area is 199 Å². The highest BCUT2D eigenvalue weighted by molar-refractivity contribution is 14.0. The van der Waals surface area contributed by atoms with Crippen molar-refractivity contribution in [2.45, 2.75) is 24.2 Å². The van der Waals surface area contributed by atoms with Gasteiger partial charge in [0.1, 0.15) is 0 Å². The second-order valence-corrected chi connectivity index (χ2v) is 8.70. The molecule has 0 saturated carbocycles. The van der Waals surface area contributed by atoms with Crippen molar-refractivity contribution in [1.82, 2.24) is 20.3 Å². The number of likely N-dealkylation sites (tertiary alicyclic amines) is 1. The topological polar surface area (TPSA) is 146 Å². The Bertz CT molecular complexity index is 887. The van der Waals surface area contributed by atoms with Gasteiger partial charge in [-0.2, -0.15) is 0 Å². The predicted octanol–water partition coefficient (Wildman–Crippen LogP) is 0.915. The Morgan fingerprint density at radius 1 is 1.29 bits per heavy atom. The third-order valence-corrected chi connectivity index (χ3v) is 6.38. The van der Waals surface area contributed by atoms with Gasteiger partial charge in [0.05, 0.1) is 9.82 Å². The standard InChI is InChI=1S/C18H28N6O5S.HI/c1-19-17(25)12-14-6-10-23(11-7-14)18(20-2)21-8-9-22-30(28,29)16-5-3-4-15(13-16)24(26)27;/h3-5,13-14,22H,6-12H2,1-2H3,(H,19,25)(H,20,21);1H. The molecular formula is C18H29IN6O5S. The van der Waals surface area contributed by atoms with Crippen LogP contribution in [-0.4, -0.2) is 70.4 Å². The van der Waals surface area contributed by atoms with E-state index in [0.717, 1.165) is 32.0 Å². The van der Waals surface area contributed by atoms with Gasteiger partial charge in [-0.3, -0.25) is 19.9 Å². The van der Waals surface area contributed by atoms with Crippen LogP contribution in [0.1, 0.15) is 19.3 Å². The molecule has 174 valence electrons. The Morgan fingerprint density at radius 3 is 2.55 bits per heavy atom. The van der Waals surface area contributed by atoms with E-state index in [1.807, 2.05) is 0 Å². The van der Waals surface area contributed by atoms with E-state index in [0.29, 0.717) is 24.8 Å². The number of nitrogens with one attached hydrogen (secondary N) is 3. The van der Waals surface area contributed by atoms with Crippen molar-refractivity contribution in [2.75, 3.05) is 40.3 Å². The first-order chi connectivity index (χ1) is 14.3. The van der Waals surface area contributed by atoms with Gasteiger partial charge < -0.3 is 15.5 Å². The fourth-order valence-electron chi connectivity index (χ4n) is 3.25. The van der Waals surface area contributed by atoms with Crippen molar-refractivity contribution in [3.8, 4) is 0 Å². The predicted molar refractivity (Wildman–Crippen MR) is 128 cm³/mol. The number of hydrogen-bond acceptors (Lipinski definition) is 6. The van der Waals surface area contributed by atoms with Crippen LogP contribution in [0.4, 0.5) is 5.69 Å². The molecule has 1 fully saturated rings. The summed E-state index contributed by atoms with van der Waals surface area (Å²) in [6.07, 6.45) is 2.29. The maximum Gasteiger partial charge on any atom is 0.270 e. The summed E-state index contributed by atoms with van der Waals surface area (Å²) in [5.74, 6) is 1.07. The molecule has 0 radical (unpaired) electrons. The van der Waals surface area contributed by atoms with E-state index in [-0.39, 0.29) is 47.0 Å². The number of carbonyl (C=O) groups is 1. The van der Waals surface area contributed by atoms with Crippen LogP contribution in [0, 0.1) is 16.0 Å². The van der Waals surface area contributed by atoms with Gasteiger partial charge in [-0.15, -0.1) is 24.0 Å². The second-order valence-electron chi connectivity index (χ2n) is 6.93. The lowest BCUT2D eigenvalue weighted by atomic mass is 9.93. The van der Waals surface area contributed by atoms with Crippen LogP contribution in [0.5, 0.6) is 0 Å². The van der Waals surface area contributed by atoms with E-state index in [4.69, 9.17) is 0 Å². The normalized spacial score (nSPS) is 15.2. The number of nitro benzene ring substituents is 1. The summed E-state index contributed by atoms with van der Waals surface area (Å²) in [5, 5.41) is 16.6. The first-order valence-electron chi connectivity index (χ1n) is 9.67. The highest BCUT2D eigenvalue weighted by atomic mass is 127. The van der Waals surface area contributed by atoms with Crippen LogP contribution in [0.3, 0.4) is 0 Å². The smallest absolute Gasteiger partial charge is 0.270 e. The van der Waals surface area contributed by atoms with E-state index >= 15 is 0 Å². The second kappa shape index (κ2) is 12.8. The number of sulfonamides is 1. The Hall–Kier alpha value is -2.00. The van der Waals surface area contributed by atoms with Crippen molar-refractivity contribution in [3.05, 3.63) is 34.4 Å². The van der Waals surface area contributed by atoms with Gasteiger partial charge in [-0.05, 0) is 24.8 Å². The van der Waals surface area contributed by atoms with Gasteiger partial charge in [0.2, 0.25) is 15.9 Å². The molecule has 31 heavy (non-hydrogen) atoms. The number of hydrogen-bond donors (Lipinski definition) is 3. The minimum absolute atomic E-state index is 0. The summed E-state index contributed by atoms with van der Waals surface area (Å²) < 4.78 is 27.1. The zero-order valence-electron chi connectivity index (χ0n) is 17.5. The molecule has 1 aliphatic rings. The minimum Gasteiger partial charge on any atom is -0.359 e. The molecule has 1 amide bonds. The van der Waals surface area contributed by atoms with Crippen LogP contribution in [0.2, 0.25) is 0 Å². The number of nitro groups is 1. The highest BCUT2D eigenvalue weighted by Crippen LogP contribution is 2.20.